The Bertz CT molecular complexity index is 878. The van der Waals surface area contributed by atoms with E-state index in [0.717, 1.165) is 16.9 Å². The van der Waals surface area contributed by atoms with Crippen LogP contribution in [0.2, 0.25) is 0 Å². The van der Waals surface area contributed by atoms with Gasteiger partial charge in [-0.1, -0.05) is 50.6 Å². The molecule has 0 saturated carbocycles. The molecule has 1 aliphatic heterocycles. The number of hydrogen-bond acceptors (Lipinski definition) is 3. The molecule has 1 heterocycles. The maximum atomic E-state index is 12.9. The summed E-state index contributed by atoms with van der Waals surface area (Å²) in [6.07, 6.45) is 0.122. The van der Waals surface area contributed by atoms with Crippen LogP contribution >= 0.6 is 0 Å². The van der Waals surface area contributed by atoms with Crippen LogP contribution in [0, 0.1) is 6.92 Å². The quantitative estimate of drug-likeness (QED) is 0.746. The molecule has 2 aromatic rings. The molecule has 0 bridgehead atoms. The molecule has 0 radical (unpaired) electrons. The van der Waals surface area contributed by atoms with Gasteiger partial charge in [0.15, 0.2) is 6.10 Å². The summed E-state index contributed by atoms with van der Waals surface area (Å²) in [5.41, 5.74) is 3.16. The van der Waals surface area contributed by atoms with Gasteiger partial charge in [0.25, 0.3) is 5.91 Å². The molecule has 2 aromatic carbocycles. The van der Waals surface area contributed by atoms with Gasteiger partial charge in [-0.2, -0.15) is 0 Å². The van der Waals surface area contributed by atoms with Crippen molar-refractivity contribution in [3.63, 3.8) is 0 Å². The van der Waals surface area contributed by atoms with Crippen LogP contribution in [-0.4, -0.2) is 17.6 Å². The van der Waals surface area contributed by atoms with Gasteiger partial charge < -0.3 is 14.8 Å². The third-order valence-electron chi connectivity index (χ3n) is 5.34. The van der Waals surface area contributed by atoms with E-state index in [0.29, 0.717) is 12.2 Å². The topological polar surface area (TPSA) is 47.6 Å². The number of rotatable bonds is 4. The van der Waals surface area contributed by atoms with Crippen LogP contribution in [0.5, 0.6) is 11.5 Å². The predicted molar refractivity (Wildman–Crippen MR) is 117 cm³/mol. The summed E-state index contributed by atoms with van der Waals surface area (Å²) in [6, 6.07) is 14.0. The summed E-state index contributed by atoms with van der Waals surface area (Å²) in [4.78, 5) is 12.9. The molecule has 156 valence electrons. The molecular formula is C25H33NO3. The average molecular weight is 396 g/mol. The largest absolute Gasteiger partial charge is 0.487 e. The van der Waals surface area contributed by atoms with Crippen LogP contribution in [0.3, 0.4) is 0 Å². The van der Waals surface area contributed by atoms with E-state index < -0.39 is 6.10 Å². The Hall–Kier alpha value is -2.49. The van der Waals surface area contributed by atoms with Crippen molar-refractivity contribution in [1.29, 1.82) is 0 Å². The van der Waals surface area contributed by atoms with Crippen LogP contribution in [0.15, 0.2) is 42.5 Å². The number of carbonyl (C=O) groups is 1. The highest BCUT2D eigenvalue weighted by atomic mass is 16.5. The van der Waals surface area contributed by atoms with Gasteiger partial charge in [0.1, 0.15) is 17.1 Å². The lowest BCUT2D eigenvalue weighted by molar-refractivity contribution is -0.128. The number of carbonyl (C=O) groups excluding carboxylic acids is 1. The van der Waals surface area contributed by atoms with Crippen LogP contribution in [-0.2, 0) is 10.2 Å². The van der Waals surface area contributed by atoms with Crippen molar-refractivity contribution < 1.29 is 14.3 Å². The molecule has 4 heteroatoms. The zero-order valence-corrected chi connectivity index (χ0v) is 18.6. The van der Waals surface area contributed by atoms with Crippen molar-refractivity contribution in [3.8, 4) is 11.5 Å². The van der Waals surface area contributed by atoms with Crippen LogP contribution in [0.4, 0.5) is 0 Å². The Morgan fingerprint density at radius 2 is 1.83 bits per heavy atom. The number of benzene rings is 2. The fourth-order valence-electron chi connectivity index (χ4n) is 3.68. The number of nitrogens with one attached hydrogen (secondary N) is 1. The van der Waals surface area contributed by atoms with Crippen LogP contribution in [0.25, 0.3) is 0 Å². The molecule has 2 atom stereocenters. The number of amides is 1. The van der Waals surface area contributed by atoms with E-state index in [2.05, 4.69) is 44.3 Å². The monoisotopic (exact) mass is 395 g/mol. The maximum Gasteiger partial charge on any atom is 0.261 e. The molecule has 0 fully saturated rings. The number of fused-ring (bicyclic) bond motifs is 1. The van der Waals surface area contributed by atoms with Crippen LogP contribution < -0.4 is 14.8 Å². The smallest absolute Gasteiger partial charge is 0.261 e. The predicted octanol–water partition coefficient (Wildman–Crippen LogP) is 5.48. The molecule has 1 N–H and O–H groups in total. The fourth-order valence-corrected chi connectivity index (χ4v) is 3.68. The van der Waals surface area contributed by atoms with Gasteiger partial charge in [-0.25, -0.2) is 0 Å². The minimum Gasteiger partial charge on any atom is -0.487 e. The summed E-state index contributed by atoms with van der Waals surface area (Å²) in [6.45, 7) is 14.5. The molecule has 0 spiro atoms. The molecule has 0 aliphatic carbocycles. The maximum absolute atomic E-state index is 12.9. The molecular weight excluding hydrogens is 362 g/mol. The second-order valence-corrected chi connectivity index (χ2v) is 9.70. The normalized spacial score (nSPS) is 18.9. The Balaban J connectivity index is 1.70. The van der Waals surface area contributed by atoms with Gasteiger partial charge in [-0.05, 0) is 56.9 Å². The number of aryl methyl sites for hydroxylation is 1. The van der Waals surface area contributed by atoms with Crippen molar-refractivity contribution in [2.45, 2.75) is 78.0 Å². The van der Waals surface area contributed by atoms with Crippen molar-refractivity contribution in [1.82, 2.24) is 5.32 Å². The van der Waals surface area contributed by atoms with Crippen LogP contribution in [0.1, 0.15) is 70.7 Å². The van der Waals surface area contributed by atoms with E-state index in [-0.39, 0.29) is 23.0 Å². The van der Waals surface area contributed by atoms with Gasteiger partial charge >= 0.3 is 0 Å². The van der Waals surface area contributed by atoms with Gasteiger partial charge in [0, 0.05) is 12.0 Å². The lowest BCUT2D eigenvalue weighted by Gasteiger charge is -2.38. The highest BCUT2D eigenvalue weighted by Gasteiger charge is 2.35. The summed E-state index contributed by atoms with van der Waals surface area (Å²) in [7, 11) is 0. The molecule has 4 nitrogen and oxygen atoms in total. The number of hydrogen-bond donors (Lipinski definition) is 1. The summed E-state index contributed by atoms with van der Waals surface area (Å²) >= 11 is 0. The SMILES string of the molecule is Cc1ccc2c(c1)C(NC(=O)C(C)Oc1ccc(C(C)(C)C)cc1)CC(C)(C)O2. The lowest BCUT2D eigenvalue weighted by atomic mass is 9.87. The lowest BCUT2D eigenvalue weighted by Crippen LogP contribution is -2.44. The standard InChI is InChI=1S/C25H33NO3/c1-16-8-13-22-20(14-16)21(15-25(6,7)29-22)26-23(27)17(2)28-19-11-9-18(10-12-19)24(3,4)5/h8-14,17,21H,15H2,1-7H3,(H,26,27). The molecule has 0 aromatic heterocycles. The first-order valence-corrected chi connectivity index (χ1v) is 10.3. The highest BCUT2D eigenvalue weighted by molar-refractivity contribution is 5.81. The van der Waals surface area contributed by atoms with Gasteiger partial charge in [-0.3, -0.25) is 4.79 Å². The Kier molecular flexibility index (Phi) is 5.66. The summed E-state index contributed by atoms with van der Waals surface area (Å²) in [5, 5.41) is 3.17. The van der Waals surface area contributed by atoms with E-state index in [9.17, 15) is 4.79 Å². The van der Waals surface area contributed by atoms with Crippen molar-refractivity contribution in [2.24, 2.45) is 0 Å². The summed E-state index contributed by atoms with van der Waals surface area (Å²) in [5.74, 6) is 1.41. The van der Waals surface area contributed by atoms with Gasteiger partial charge in [-0.15, -0.1) is 0 Å². The van der Waals surface area contributed by atoms with E-state index >= 15 is 0 Å². The molecule has 3 rings (SSSR count). The zero-order valence-electron chi connectivity index (χ0n) is 18.6. The highest BCUT2D eigenvalue weighted by Crippen LogP contribution is 2.40. The molecule has 0 saturated heterocycles. The third kappa shape index (κ3) is 5.11. The molecule has 29 heavy (non-hydrogen) atoms. The molecule has 2 unspecified atom stereocenters. The van der Waals surface area contributed by atoms with Crippen molar-refractivity contribution in [3.05, 3.63) is 59.2 Å². The minimum absolute atomic E-state index is 0.0862. The van der Waals surface area contributed by atoms with Crippen molar-refractivity contribution >= 4 is 5.91 Å². The zero-order chi connectivity index (χ0) is 21.4. The molecule has 1 amide bonds. The van der Waals surface area contributed by atoms with Gasteiger partial charge in [0.2, 0.25) is 0 Å². The minimum atomic E-state index is -0.588. The Labute approximate surface area is 174 Å². The first kappa shape index (κ1) is 21.2. The van der Waals surface area contributed by atoms with E-state index in [1.54, 1.807) is 6.92 Å². The van der Waals surface area contributed by atoms with Crippen molar-refractivity contribution in [2.75, 3.05) is 0 Å². The average Bonchev–Trinajstić information content (AvgIpc) is 2.61. The second-order valence-electron chi connectivity index (χ2n) is 9.70. The fraction of sp³-hybridized carbons (Fsp3) is 0.480. The van der Waals surface area contributed by atoms with E-state index in [1.165, 1.54) is 5.56 Å². The number of ether oxygens (including phenoxy) is 2. The second kappa shape index (κ2) is 7.74. The first-order chi connectivity index (χ1) is 13.4. The first-order valence-electron chi connectivity index (χ1n) is 10.3. The Morgan fingerprint density at radius 3 is 2.45 bits per heavy atom. The molecule has 1 aliphatic rings. The van der Waals surface area contributed by atoms with Gasteiger partial charge in [0.05, 0.1) is 6.04 Å². The summed E-state index contributed by atoms with van der Waals surface area (Å²) < 4.78 is 12.0. The Morgan fingerprint density at radius 1 is 1.17 bits per heavy atom. The van der Waals surface area contributed by atoms with E-state index in [1.807, 2.05) is 45.0 Å². The van der Waals surface area contributed by atoms with E-state index in [4.69, 9.17) is 9.47 Å². The third-order valence-corrected chi connectivity index (χ3v) is 5.34.